The first kappa shape index (κ1) is 22.0. The molecular weight excluding hydrogens is 416 g/mol. The van der Waals surface area contributed by atoms with E-state index in [1.807, 2.05) is 19.2 Å². The predicted molar refractivity (Wildman–Crippen MR) is 120 cm³/mol. The highest BCUT2D eigenvalue weighted by Gasteiger charge is 2.15. The molecule has 0 saturated heterocycles. The van der Waals surface area contributed by atoms with E-state index in [0.717, 1.165) is 0 Å². The van der Waals surface area contributed by atoms with Crippen molar-refractivity contribution in [3.63, 3.8) is 0 Å². The van der Waals surface area contributed by atoms with Crippen LogP contribution in [0.1, 0.15) is 44.2 Å². The summed E-state index contributed by atoms with van der Waals surface area (Å²) in [5, 5.41) is 7.39. The van der Waals surface area contributed by atoms with Crippen LogP contribution in [0, 0.1) is 0 Å². The molecule has 0 spiro atoms. The van der Waals surface area contributed by atoms with Gasteiger partial charge in [-0.15, -0.1) is 11.3 Å². The maximum Gasteiger partial charge on any atom is 0.337 e. The van der Waals surface area contributed by atoms with Gasteiger partial charge in [0.1, 0.15) is 5.75 Å². The number of benzene rings is 2. The Labute approximate surface area is 184 Å². The number of carbonyl (C=O) groups is 3. The molecule has 2 amide bonds. The second-order valence-electron chi connectivity index (χ2n) is 6.83. The molecule has 0 unspecified atom stereocenters. The molecule has 0 aliphatic carbocycles. The molecule has 0 aliphatic rings. The molecule has 7 nitrogen and oxygen atoms in total. The third-order valence-electron chi connectivity index (χ3n) is 4.16. The minimum atomic E-state index is -0.516. The molecule has 3 aromatic rings. The molecular formula is C23H22N2O5S. The summed E-state index contributed by atoms with van der Waals surface area (Å²) in [7, 11) is 1.29. The molecule has 0 aliphatic heterocycles. The van der Waals surface area contributed by atoms with Gasteiger partial charge in [0.05, 0.1) is 29.3 Å². The molecule has 1 heterocycles. The summed E-state index contributed by atoms with van der Waals surface area (Å²) < 4.78 is 10.5. The van der Waals surface area contributed by atoms with Gasteiger partial charge >= 0.3 is 5.97 Å². The Morgan fingerprint density at radius 3 is 2.23 bits per heavy atom. The van der Waals surface area contributed by atoms with Crippen molar-refractivity contribution in [1.82, 2.24) is 0 Å². The third-order valence-corrected chi connectivity index (χ3v) is 5.03. The van der Waals surface area contributed by atoms with Gasteiger partial charge in [-0.2, -0.15) is 0 Å². The van der Waals surface area contributed by atoms with Crippen molar-refractivity contribution in [3.05, 3.63) is 76.0 Å². The smallest absolute Gasteiger partial charge is 0.337 e. The summed E-state index contributed by atoms with van der Waals surface area (Å²) in [6, 6.07) is 14.7. The Kier molecular flexibility index (Phi) is 7.04. The molecule has 2 aromatic carbocycles. The van der Waals surface area contributed by atoms with Gasteiger partial charge in [-0.25, -0.2) is 4.79 Å². The molecule has 160 valence electrons. The summed E-state index contributed by atoms with van der Waals surface area (Å²) in [5.41, 5.74) is 1.61. The van der Waals surface area contributed by atoms with Crippen LogP contribution in [0.3, 0.4) is 0 Å². The average Bonchev–Trinajstić information content (AvgIpc) is 3.29. The highest BCUT2D eigenvalue weighted by molar-refractivity contribution is 7.12. The van der Waals surface area contributed by atoms with Gasteiger partial charge in [0.2, 0.25) is 0 Å². The topological polar surface area (TPSA) is 93.7 Å². The maximum atomic E-state index is 12.8. The number of methoxy groups -OCH3 is 1. The summed E-state index contributed by atoms with van der Waals surface area (Å²) in [5.74, 6) is -0.665. The highest BCUT2D eigenvalue weighted by atomic mass is 32.1. The van der Waals surface area contributed by atoms with E-state index in [4.69, 9.17) is 9.47 Å². The van der Waals surface area contributed by atoms with Crippen LogP contribution in [-0.2, 0) is 4.74 Å². The van der Waals surface area contributed by atoms with Gasteiger partial charge in [0.25, 0.3) is 11.8 Å². The first-order chi connectivity index (χ1) is 14.9. The van der Waals surface area contributed by atoms with Crippen molar-refractivity contribution in [3.8, 4) is 5.75 Å². The largest absolute Gasteiger partial charge is 0.489 e. The molecule has 8 heteroatoms. The second kappa shape index (κ2) is 9.90. The van der Waals surface area contributed by atoms with E-state index < -0.39 is 5.97 Å². The van der Waals surface area contributed by atoms with Crippen LogP contribution in [0.15, 0.2) is 60.0 Å². The number of anilines is 2. The van der Waals surface area contributed by atoms with Gasteiger partial charge in [-0.1, -0.05) is 6.07 Å². The number of hydrogen-bond donors (Lipinski definition) is 2. The molecule has 2 N–H and O–H groups in total. The standard InChI is InChI=1S/C23H22N2O5S/c1-14(2)30-19-11-8-16(23(28)29-3)13-18(19)25-21(26)15-6-9-17(10-7-15)24-22(27)20-5-4-12-31-20/h4-14H,1-3H3,(H,24,27)(H,25,26). The molecule has 0 bridgehead atoms. The fourth-order valence-corrected chi connectivity index (χ4v) is 3.35. The molecule has 0 atom stereocenters. The fourth-order valence-electron chi connectivity index (χ4n) is 2.73. The van der Waals surface area contributed by atoms with Crippen molar-refractivity contribution >= 4 is 40.5 Å². The highest BCUT2D eigenvalue weighted by Crippen LogP contribution is 2.28. The second-order valence-corrected chi connectivity index (χ2v) is 7.78. The zero-order chi connectivity index (χ0) is 22.4. The zero-order valence-electron chi connectivity index (χ0n) is 17.3. The first-order valence-corrected chi connectivity index (χ1v) is 10.4. The number of thiophene rings is 1. The van der Waals surface area contributed by atoms with Crippen molar-refractivity contribution in [1.29, 1.82) is 0 Å². The van der Waals surface area contributed by atoms with Gasteiger partial charge < -0.3 is 20.1 Å². The van der Waals surface area contributed by atoms with E-state index in [-0.39, 0.29) is 17.9 Å². The monoisotopic (exact) mass is 438 g/mol. The molecule has 0 fully saturated rings. The van der Waals surface area contributed by atoms with Crippen molar-refractivity contribution in [2.75, 3.05) is 17.7 Å². The van der Waals surface area contributed by atoms with Crippen LogP contribution in [0.2, 0.25) is 0 Å². The Balaban J connectivity index is 1.75. The fraction of sp³-hybridized carbons (Fsp3) is 0.174. The third kappa shape index (κ3) is 5.70. The van der Waals surface area contributed by atoms with Crippen molar-refractivity contribution in [2.45, 2.75) is 20.0 Å². The average molecular weight is 439 g/mol. The van der Waals surface area contributed by atoms with Crippen molar-refractivity contribution < 1.29 is 23.9 Å². The van der Waals surface area contributed by atoms with Crippen LogP contribution in [0.25, 0.3) is 0 Å². The van der Waals surface area contributed by atoms with Crippen LogP contribution >= 0.6 is 11.3 Å². The Bertz CT molecular complexity index is 1080. The lowest BCUT2D eigenvalue weighted by Crippen LogP contribution is -2.16. The minimum absolute atomic E-state index is 0.120. The molecule has 0 saturated carbocycles. The van der Waals surface area contributed by atoms with Crippen LogP contribution in [-0.4, -0.2) is 31.0 Å². The lowest BCUT2D eigenvalue weighted by molar-refractivity contribution is 0.0600. The maximum absolute atomic E-state index is 12.8. The zero-order valence-corrected chi connectivity index (χ0v) is 18.1. The Morgan fingerprint density at radius 1 is 0.903 bits per heavy atom. The number of esters is 1. The van der Waals surface area contributed by atoms with E-state index in [2.05, 4.69) is 10.6 Å². The number of hydrogen-bond acceptors (Lipinski definition) is 6. The Morgan fingerprint density at radius 2 is 1.61 bits per heavy atom. The Hall–Kier alpha value is -3.65. The lowest BCUT2D eigenvalue weighted by atomic mass is 10.1. The van der Waals surface area contributed by atoms with E-state index in [1.54, 1.807) is 48.5 Å². The molecule has 3 rings (SSSR count). The van der Waals surface area contributed by atoms with Crippen LogP contribution in [0.4, 0.5) is 11.4 Å². The number of amides is 2. The van der Waals surface area contributed by atoms with E-state index in [1.165, 1.54) is 24.5 Å². The number of carbonyl (C=O) groups excluding carboxylic acids is 3. The van der Waals surface area contributed by atoms with E-state index in [0.29, 0.717) is 33.1 Å². The summed E-state index contributed by atoms with van der Waals surface area (Å²) >= 11 is 1.35. The van der Waals surface area contributed by atoms with E-state index >= 15 is 0 Å². The quantitative estimate of drug-likeness (QED) is 0.516. The van der Waals surface area contributed by atoms with Gasteiger partial charge in [-0.05, 0) is 67.8 Å². The van der Waals surface area contributed by atoms with Gasteiger partial charge in [-0.3, -0.25) is 9.59 Å². The number of rotatable bonds is 7. The summed E-state index contributed by atoms with van der Waals surface area (Å²) in [4.78, 5) is 37.4. The summed E-state index contributed by atoms with van der Waals surface area (Å²) in [6.07, 6.45) is -0.120. The van der Waals surface area contributed by atoms with Crippen LogP contribution in [0.5, 0.6) is 5.75 Å². The SMILES string of the molecule is COC(=O)c1ccc(OC(C)C)c(NC(=O)c2ccc(NC(=O)c3cccs3)cc2)c1. The molecule has 0 radical (unpaired) electrons. The first-order valence-electron chi connectivity index (χ1n) is 9.52. The van der Waals surface area contributed by atoms with Gasteiger partial charge in [0.15, 0.2) is 0 Å². The number of nitrogens with one attached hydrogen (secondary N) is 2. The van der Waals surface area contributed by atoms with Gasteiger partial charge in [0, 0.05) is 11.3 Å². The number of ether oxygens (including phenoxy) is 2. The lowest BCUT2D eigenvalue weighted by Gasteiger charge is -2.16. The van der Waals surface area contributed by atoms with Crippen molar-refractivity contribution in [2.24, 2.45) is 0 Å². The van der Waals surface area contributed by atoms with E-state index in [9.17, 15) is 14.4 Å². The molecule has 31 heavy (non-hydrogen) atoms. The van der Waals surface area contributed by atoms with Crippen LogP contribution < -0.4 is 15.4 Å². The normalized spacial score (nSPS) is 10.5. The summed E-state index contributed by atoms with van der Waals surface area (Å²) in [6.45, 7) is 3.73. The molecule has 1 aromatic heterocycles. The predicted octanol–water partition coefficient (Wildman–Crippen LogP) is 4.83. The minimum Gasteiger partial charge on any atom is -0.489 e.